The number of hydrogen-bond donors (Lipinski definition) is 1. The highest BCUT2D eigenvalue weighted by molar-refractivity contribution is 4.71. The highest BCUT2D eigenvalue weighted by Gasteiger charge is 2.15. The lowest BCUT2D eigenvalue weighted by molar-refractivity contribution is 0.159. The fourth-order valence-corrected chi connectivity index (χ4v) is 2.26. The van der Waals surface area contributed by atoms with E-state index in [9.17, 15) is 5.11 Å². The standard InChI is InChI=1S/C12H25NO/c1-11-7-4-3-5-9-13(11)10-6-8-12(2)14/h11-12,14H,3-10H2,1-2H3. The van der Waals surface area contributed by atoms with Crippen molar-refractivity contribution in [1.82, 2.24) is 4.90 Å². The minimum atomic E-state index is -0.128. The number of rotatable bonds is 4. The van der Waals surface area contributed by atoms with Gasteiger partial charge in [-0.1, -0.05) is 12.8 Å². The van der Waals surface area contributed by atoms with Gasteiger partial charge in [0, 0.05) is 6.04 Å². The van der Waals surface area contributed by atoms with E-state index in [0.717, 1.165) is 18.9 Å². The third kappa shape index (κ3) is 4.43. The zero-order valence-electron chi connectivity index (χ0n) is 9.71. The number of aliphatic hydroxyl groups excluding tert-OH is 1. The Balaban J connectivity index is 2.19. The average Bonchev–Trinajstić information content (AvgIpc) is 2.31. The molecule has 0 radical (unpaired) electrons. The van der Waals surface area contributed by atoms with Crippen molar-refractivity contribution in [2.75, 3.05) is 13.1 Å². The molecule has 2 atom stereocenters. The molecule has 0 aliphatic carbocycles. The minimum Gasteiger partial charge on any atom is -0.393 e. The molecule has 1 aliphatic heterocycles. The molecule has 0 amide bonds. The van der Waals surface area contributed by atoms with Crippen LogP contribution in [0.2, 0.25) is 0 Å². The Bertz CT molecular complexity index is 147. The Hall–Kier alpha value is -0.0800. The maximum absolute atomic E-state index is 9.18. The van der Waals surface area contributed by atoms with Crippen molar-refractivity contribution in [2.45, 2.75) is 64.5 Å². The number of likely N-dealkylation sites (tertiary alicyclic amines) is 1. The van der Waals surface area contributed by atoms with Gasteiger partial charge in [0.25, 0.3) is 0 Å². The van der Waals surface area contributed by atoms with Crippen molar-refractivity contribution in [3.05, 3.63) is 0 Å². The summed E-state index contributed by atoms with van der Waals surface area (Å²) in [5.74, 6) is 0. The molecular formula is C12H25NO. The molecule has 0 aromatic carbocycles. The molecule has 2 heteroatoms. The molecule has 14 heavy (non-hydrogen) atoms. The van der Waals surface area contributed by atoms with E-state index in [0.29, 0.717) is 0 Å². The van der Waals surface area contributed by atoms with Crippen LogP contribution in [0.15, 0.2) is 0 Å². The van der Waals surface area contributed by atoms with Crippen LogP contribution >= 0.6 is 0 Å². The zero-order valence-corrected chi connectivity index (χ0v) is 9.71. The van der Waals surface area contributed by atoms with Crippen LogP contribution in [0.1, 0.15) is 52.4 Å². The summed E-state index contributed by atoms with van der Waals surface area (Å²) < 4.78 is 0. The number of nitrogens with zero attached hydrogens (tertiary/aromatic N) is 1. The third-order valence-electron chi connectivity index (χ3n) is 3.26. The first-order chi connectivity index (χ1) is 6.70. The highest BCUT2D eigenvalue weighted by Crippen LogP contribution is 2.16. The molecule has 1 heterocycles. The van der Waals surface area contributed by atoms with Crippen LogP contribution in [0.25, 0.3) is 0 Å². The van der Waals surface area contributed by atoms with E-state index in [1.165, 1.54) is 38.8 Å². The highest BCUT2D eigenvalue weighted by atomic mass is 16.3. The van der Waals surface area contributed by atoms with Crippen LogP contribution in [0.5, 0.6) is 0 Å². The van der Waals surface area contributed by atoms with Crippen LogP contribution in [0.3, 0.4) is 0 Å². The van der Waals surface area contributed by atoms with E-state index in [1.54, 1.807) is 0 Å². The van der Waals surface area contributed by atoms with Gasteiger partial charge < -0.3 is 10.0 Å². The molecule has 2 nitrogen and oxygen atoms in total. The van der Waals surface area contributed by atoms with Gasteiger partial charge in [-0.25, -0.2) is 0 Å². The normalized spacial score (nSPS) is 27.2. The quantitative estimate of drug-likeness (QED) is 0.751. The molecular weight excluding hydrogens is 174 g/mol. The Morgan fingerprint density at radius 3 is 2.86 bits per heavy atom. The summed E-state index contributed by atoms with van der Waals surface area (Å²) in [5.41, 5.74) is 0. The van der Waals surface area contributed by atoms with Crippen molar-refractivity contribution in [3.63, 3.8) is 0 Å². The van der Waals surface area contributed by atoms with Crippen molar-refractivity contribution in [2.24, 2.45) is 0 Å². The summed E-state index contributed by atoms with van der Waals surface area (Å²) in [6.07, 6.45) is 7.47. The Labute approximate surface area is 88.3 Å². The molecule has 1 saturated heterocycles. The first-order valence-electron chi connectivity index (χ1n) is 6.12. The molecule has 1 N–H and O–H groups in total. The van der Waals surface area contributed by atoms with E-state index in [4.69, 9.17) is 0 Å². The first-order valence-corrected chi connectivity index (χ1v) is 6.12. The molecule has 0 spiro atoms. The lowest BCUT2D eigenvalue weighted by Crippen LogP contribution is -2.33. The van der Waals surface area contributed by atoms with Gasteiger partial charge in [-0.05, 0) is 52.6 Å². The van der Waals surface area contributed by atoms with Gasteiger partial charge in [0.05, 0.1) is 6.10 Å². The second-order valence-electron chi connectivity index (χ2n) is 4.73. The lowest BCUT2D eigenvalue weighted by atomic mass is 10.1. The topological polar surface area (TPSA) is 23.5 Å². The monoisotopic (exact) mass is 199 g/mol. The SMILES string of the molecule is CC(O)CCCN1CCCCCC1C. The summed E-state index contributed by atoms with van der Waals surface area (Å²) in [5, 5.41) is 9.18. The van der Waals surface area contributed by atoms with Gasteiger partial charge in [0.15, 0.2) is 0 Å². The average molecular weight is 199 g/mol. The smallest absolute Gasteiger partial charge is 0.0512 e. The third-order valence-corrected chi connectivity index (χ3v) is 3.26. The fraction of sp³-hybridized carbons (Fsp3) is 1.00. The second kappa shape index (κ2) is 6.41. The van der Waals surface area contributed by atoms with Crippen LogP contribution in [0, 0.1) is 0 Å². The van der Waals surface area contributed by atoms with Gasteiger partial charge in [-0.15, -0.1) is 0 Å². The Morgan fingerprint density at radius 1 is 1.36 bits per heavy atom. The first kappa shape index (κ1) is 12.0. The van der Waals surface area contributed by atoms with E-state index >= 15 is 0 Å². The Morgan fingerprint density at radius 2 is 2.14 bits per heavy atom. The molecule has 1 aliphatic rings. The van der Waals surface area contributed by atoms with Gasteiger partial charge in [0.1, 0.15) is 0 Å². The van der Waals surface area contributed by atoms with Gasteiger partial charge >= 0.3 is 0 Å². The molecule has 1 fully saturated rings. The summed E-state index contributed by atoms with van der Waals surface area (Å²) in [6.45, 7) is 6.66. The summed E-state index contributed by atoms with van der Waals surface area (Å²) in [7, 11) is 0. The number of hydrogen-bond acceptors (Lipinski definition) is 2. The predicted octanol–water partition coefficient (Wildman–Crippen LogP) is 2.41. The number of aliphatic hydroxyl groups is 1. The van der Waals surface area contributed by atoms with Gasteiger partial charge in [-0.3, -0.25) is 0 Å². The molecule has 0 aromatic rings. The van der Waals surface area contributed by atoms with Crippen LogP contribution < -0.4 is 0 Å². The van der Waals surface area contributed by atoms with Crippen LogP contribution in [-0.2, 0) is 0 Å². The van der Waals surface area contributed by atoms with Crippen molar-refractivity contribution < 1.29 is 5.11 Å². The molecule has 0 aromatic heterocycles. The van der Waals surface area contributed by atoms with Crippen LogP contribution in [-0.4, -0.2) is 35.2 Å². The van der Waals surface area contributed by atoms with Gasteiger partial charge in [-0.2, -0.15) is 0 Å². The second-order valence-corrected chi connectivity index (χ2v) is 4.73. The molecule has 0 bridgehead atoms. The van der Waals surface area contributed by atoms with E-state index in [2.05, 4.69) is 11.8 Å². The largest absolute Gasteiger partial charge is 0.393 e. The van der Waals surface area contributed by atoms with Crippen molar-refractivity contribution in [3.8, 4) is 0 Å². The Kier molecular flexibility index (Phi) is 5.49. The maximum atomic E-state index is 9.18. The van der Waals surface area contributed by atoms with E-state index < -0.39 is 0 Å². The molecule has 2 unspecified atom stereocenters. The van der Waals surface area contributed by atoms with Gasteiger partial charge in [0.2, 0.25) is 0 Å². The van der Waals surface area contributed by atoms with E-state index in [1.807, 2.05) is 6.92 Å². The minimum absolute atomic E-state index is 0.128. The molecule has 84 valence electrons. The fourth-order valence-electron chi connectivity index (χ4n) is 2.26. The molecule has 1 rings (SSSR count). The summed E-state index contributed by atoms with van der Waals surface area (Å²) in [4.78, 5) is 2.59. The van der Waals surface area contributed by atoms with Crippen molar-refractivity contribution >= 4 is 0 Å². The molecule has 0 saturated carbocycles. The summed E-state index contributed by atoms with van der Waals surface area (Å²) >= 11 is 0. The summed E-state index contributed by atoms with van der Waals surface area (Å²) in [6, 6.07) is 0.756. The van der Waals surface area contributed by atoms with Crippen molar-refractivity contribution in [1.29, 1.82) is 0 Å². The van der Waals surface area contributed by atoms with Crippen LogP contribution in [0.4, 0.5) is 0 Å². The maximum Gasteiger partial charge on any atom is 0.0512 e. The zero-order chi connectivity index (χ0) is 10.4. The van der Waals surface area contributed by atoms with E-state index in [-0.39, 0.29) is 6.10 Å². The predicted molar refractivity (Wildman–Crippen MR) is 60.4 cm³/mol. The lowest BCUT2D eigenvalue weighted by Gasteiger charge is -2.26.